The van der Waals surface area contributed by atoms with Gasteiger partial charge in [0, 0.05) is 6.04 Å². The average molecular weight is 284 g/mol. The first kappa shape index (κ1) is 15.7. The molecular weight excluding hydrogens is 268 g/mol. The first-order chi connectivity index (χ1) is 9.40. The molecule has 1 aromatic rings. The Labute approximate surface area is 115 Å². The molecule has 0 saturated carbocycles. The van der Waals surface area contributed by atoms with Crippen molar-refractivity contribution in [1.29, 1.82) is 0 Å². The van der Waals surface area contributed by atoms with E-state index in [4.69, 9.17) is 14.6 Å². The molecule has 0 aliphatic heterocycles. The summed E-state index contributed by atoms with van der Waals surface area (Å²) in [5.74, 6) is -0.453. The van der Waals surface area contributed by atoms with Crippen LogP contribution in [0.3, 0.4) is 0 Å². The fourth-order valence-corrected chi connectivity index (χ4v) is 1.74. The van der Waals surface area contributed by atoms with Gasteiger partial charge >= 0.3 is 5.97 Å². The van der Waals surface area contributed by atoms with Gasteiger partial charge in [0.15, 0.2) is 11.5 Å². The second kappa shape index (κ2) is 6.71. The van der Waals surface area contributed by atoms with Gasteiger partial charge in [-0.25, -0.2) is 0 Å². The van der Waals surface area contributed by atoms with Crippen LogP contribution in [0.25, 0.3) is 0 Å². The number of nitro groups is 1. The van der Waals surface area contributed by atoms with Crippen molar-refractivity contribution in [3.63, 3.8) is 0 Å². The molecule has 8 nitrogen and oxygen atoms in total. The largest absolute Gasteiger partial charge is 0.493 e. The number of methoxy groups -OCH3 is 2. The number of hydrogen-bond acceptors (Lipinski definition) is 6. The van der Waals surface area contributed by atoms with Crippen LogP contribution in [0, 0.1) is 10.1 Å². The fraction of sp³-hybridized carbons (Fsp3) is 0.417. The van der Waals surface area contributed by atoms with E-state index in [1.165, 1.54) is 26.4 Å². The van der Waals surface area contributed by atoms with Gasteiger partial charge in [-0.3, -0.25) is 14.9 Å². The van der Waals surface area contributed by atoms with E-state index in [0.717, 1.165) is 0 Å². The highest BCUT2D eigenvalue weighted by Gasteiger charge is 2.23. The fourth-order valence-electron chi connectivity index (χ4n) is 1.74. The lowest BCUT2D eigenvalue weighted by Gasteiger charge is -2.15. The van der Waals surface area contributed by atoms with Crippen LogP contribution < -0.4 is 14.8 Å². The standard InChI is InChI=1S/C12H16N2O6/c1-7(13-6-12(15)16)8-4-10(19-2)11(20-3)5-9(8)14(17)18/h4-5,7,13H,6H2,1-3H3,(H,15,16). The van der Waals surface area contributed by atoms with Crippen molar-refractivity contribution < 1.29 is 24.3 Å². The van der Waals surface area contributed by atoms with Crippen LogP contribution >= 0.6 is 0 Å². The third kappa shape index (κ3) is 3.58. The molecule has 0 radical (unpaired) electrons. The first-order valence-corrected chi connectivity index (χ1v) is 5.76. The summed E-state index contributed by atoms with van der Waals surface area (Å²) in [5.41, 5.74) is 0.168. The van der Waals surface area contributed by atoms with Crippen molar-refractivity contribution in [2.45, 2.75) is 13.0 Å². The monoisotopic (exact) mass is 284 g/mol. The molecule has 1 aromatic carbocycles. The van der Waals surface area contributed by atoms with Crippen molar-refractivity contribution in [2.75, 3.05) is 20.8 Å². The smallest absolute Gasteiger partial charge is 0.317 e. The molecule has 2 N–H and O–H groups in total. The Morgan fingerprint density at radius 1 is 1.40 bits per heavy atom. The zero-order chi connectivity index (χ0) is 15.3. The van der Waals surface area contributed by atoms with Crippen LogP contribution in [0.1, 0.15) is 18.5 Å². The van der Waals surface area contributed by atoms with Crippen LogP contribution in [-0.2, 0) is 4.79 Å². The summed E-state index contributed by atoms with van der Waals surface area (Å²) in [7, 11) is 2.80. The Kier molecular flexibility index (Phi) is 5.27. The Morgan fingerprint density at radius 3 is 2.40 bits per heavy atom. The molecule has 20 heavy (non-hydrogen) atoms. The van der Waals surface area contributed by atoms with Gasteiger partial charge in [0.1, 0.15) is 0 Å². The molecule has 0 bridgehead atoms. The van der Waals surface area contributed by atoms with Crippen molar-refractivity contribution in [1.82, 2.24) is 5.32 Å². The van der Waals surface area contributed by atoms with Gasteiger partial charge in [-0.05, 0) is 13.0 Å². The lowest BCUT2D eigenvalue weighted by atomic mass is 10.0. The summed E-state index contributed by atoms with van der Waals surface area (Å²) in [6.45, 7) is 1.34. The predicted molar refractivity (Wildman–Crippen MR) is 70.3 cm³/mol. The quantitative estimate of drug-likeness (QED) is 0.574. The van der Waals surface area contributed by atoms with Crippen LogP contribution in [0.2, 0.25) is 0 Å². The highest BCUT2D eigenvalue weighted by molar-refractivity contribution is 5.69. The molecule has 0 heterocycles. The van der Waals surface area contributed by atoms with Gasteiger partial charge in [-0.2, -0.15) is 0 Å². The normalized spacial score (nSPS) is 11.8. The summed E-state index contributed by atoms with van der Waals surface area (Å²) < 4.78 is 10.1. The van der Waals surface area contributed by atoms with Crippen LogP contribution in [0.5, 0.6) is 11.5 Å². The highest BCUT2D eigenvalue weighted by atomic mass is 16.6. The first-order valence-electron chi connectivity index (χ1n) is 5.76. The van der Waals surface area contributed by atoms with E-state index >= 15 is 0 Å². The molecule has 0 fully saturated rings. The van der Waals surface area contributed by atoms with Gasteiger partial charge in [0.2, 0.25) is 0 Å². The number of aliphatic carboxylic acids is 1. The average Bonchev–Trinajstić information content (AvgIpc) is 2.42. The summed E-state index contributed by atoms with van der Waals surface area (Å²) >= 11 is 0. The number of carboxylic acids is 1. The molecule has 0 saturated heterocycles. The Hall–Kier alpha value is -2.35. The second-order valence-electron chi connectivity index (χ2n) is 4.02. The van der Waals surface area contributed by atoms with E-state index in [9.17, 15) is 14.9 Å². The highest BCUT2D eigenvalue weighted by Crippen LogP contribution is 2.37. The van der Waals surface area contributed by atoms with Crippen LogP contribution in [-0.4, -0.2) is 36.8 Å². The molecular formula is C12H16N2O6. The van der Waals surface area contributed by atoms with E-state index in [-0.39, 0.29) is 18.0 Å². The van der Waals surface area contributed by atoms with E-state index in [1.807, 2.05) is 0 Å². The molecule has 8 heteroatoms. The summed E-state index contributed by atoms with van der Waals surface area (Å²) in [6, 6.07) is 2.20. The summed E-state index contributed by atoms with van der Waals surface area (Å²) in [6.07, 6.45) is 0. The topological polar surface area (TPSA) is 111 Å². The molecule has 1 unspecified atom stereocenters. The molecule has 0 aliphatic rings. The third-order valence-corrected chi connectivity index (χ3v) is 2.76. The number of ether oxygens (including phenoxy) is 2. The van der Waals surface area contributed by atoms with E-state index < -0.39 is 16.9 Å². The molecule has 0 aromatic heterocycles. The zero-order valence-electron chi connectivity index (χ0n) is 11.4. The van der Waals surface area contributed by atoms with Crippen LogP contribution in [0.15, 0.2) is 12.1 Å². The van der Waals surface area contributed by atoms with Gasteiger partial charge < -0.3 is 19.9 Å². The minimum Gasteiger partial charge on any atom is -0.493 e. The molecule has 0 aliphatic carbocycles. The number of nitrogens with zero attached hydrogens (tertiary/aromatic N) is 1. The Bertz CT molecular complexity index is 517. The lowest BCUT2D eigenvalue weighted by molar-refractivity contribution is -0.385. The Morgan fingerprint density at radius 2 is 1.95 bits per heavy atom. The maximum atomic E-state index is 11.1. The van der Waals surface area contributed by atoms with Crippen molar-refractivity contribution >= 4 is 11.7 Å². The number of benzene rings is 1. The number of carboxylic acid groups (broad SMARTS) is 1. The zero-order valence-corrected chi connectivity index (χ0v) is 11.4. The van der Waals surface area contributed by atoms with Gasteiger partial charge in [0.25, 0.3) is 5.69 Å². The molecule has 1 rings (SSSR count). The summed E-state index contributed by atoms with van der Waals surface area (Å²) in [4.78, 5) is 21.1. The third-order valence-electron chi connectivity index (χ3n) is 2.76. The van der Waals surface area contributed by atoms with E-state index in [1.54, 1.807) is 6.92 Å². The molecule has 1 atom stereocenters. The number of carbonyl (C=O) groups is 1. The SMILES string of the molecule is COc1cc(C(C)NCC(=O)O)c([N+](=O)[O-])cc1OC. The van der Waals surface area contributed by atoms with Crippen molar-refractivity contribution in [3.8, 4) is 11.5 Å². The van der Waals surface area contributed by atoms with Gasteiger partial charge in [-0.15, -0.1) is 0 Å². The maximum Gasteiger partial charge on any atom is 0.317 e. The van der Waals surface area contributed by atoms with E-state index in [0.29, 0.717) is 11.3 Å². The Balaban J connectivity index is 3.21. The predicted octanol–water partition coefficient (Wildman–Crippen LogP) is 1.35. The van der Waals surface area contributed by atoms with Crippen molar-refractivity contribution in [3.05, 3.63) is 27.8 Å². The number of rotatable bonds is 7. The van der Waals surface area contributed by atoms with Crippen LogP contribution in [0.4, 0.5) is 5.69 Å². The molecule has 110 valence electrons. The number of hydrogen-bond donors (Lipinski definition) is 2. The second-order valence-corrected chi connectivity index (χ2v) is 4.02. The molecule has 0 spiro atoms. The maximum absolute atomic E-state index is 11.1. The van der Waals surface area contributed by atoms with E-state index in [2.05, 4.69) is 5.32 Å². The lowest BCUT2D eigenvalue weighted by Crippen LogP contribution is -2.26. The minimum absolute atomic E-state index is 0.159. The minimum atomic E-state index is -1.04. The van der Waals surface area contributed by atoms with Crippen molar-refractivity contribution in [2.24, 2.45) is 0 Å². The van der Waals surface area contributed by atoms with Gasteiger partial charge in [0.05, 0.1) is 37.3 Å². The number of nitro benzene ring substituents is 1. The van der Waals surface area contributed by atoms with Gasteiger partial charge in [-0.1, -0.05) is 0 Å². The molecule has 0 amide bonds. The number of nitrogens with one attached hydrogen (secondary N) is 1. The summed E-state index contributed by atoms with van der Waals surface area (Å²) in [5, 5.41) is 22.4.